The molecule has 1 aromatic heterocycles. The molecule has 0 unspecified atom stereocenters. The molecule has 2 aromatic rings. The summed E-state index contributed by atoms with van der Waals surface area (Å²) in [6.45, 7) is 2.81. The Hall–Kier alpha value is -3.05. The molecule has 0 radical (unpaired) electrons. The molecule has 3 rings (SSSR count). The highest BCUT2D eigenvalue weighted by atomic mass is 16.2. The van der Waals surface area contributed by atoms with Gasteiger partial charge in [0.1, 0.15) is 5.56 Å². The van der Waals surface area contributed by atoms with Gasteiger partial charge in [-0.2, -0.15) is 0 Å². The van der Waals surface area contributed by atoms with Gasteiger partial charge in [-0.05, 0) is 54.8 Å². The topological polar surface area (TPSA) is 99.9 Å². The van der Waals surface area contributed by atoms with E-state index >= 15 is 0 Å². The summed E-state index contributed by atoms with van der Waals surface area (Å²) in [5.41, 5.74) is 11.7. The minimum Gasteiger partial charge on any atom is -0.345 e. The molecule has 7 heteroatoms. The molecule has 0 aliphatic heterocycles. The number of carbonyl (C=O) groups excluding carboxylic acids is 1. The lowest BCUT2D eigenvalue weighted by Gasteiger charge is -2.23. The average molecular weight is 393 g/mol. The summed E-state index contributed by atoms with van der Waals surface area (Å²) in [6.07, 6.45) is 5.82. The van der Waals surface area contributed by atoms with Crippen LogP contribution in [0.25, 0.3) is 10.4 Å². The van der Waals surface area contributed by atoms with Crippen LogP contribution in [0, 0.1) is 0 Å². The van der Waals surface area contributed by atoms with Crippen molar-refractivity contribution in [3.8, 4) is 0 Å². The van der Waals surface area contributed by atoms with Gasteiger partial charge < -0.3 is 9.88 Å². The number of benzene rings is 1. The van der Waals surface area contributed by atoms with Gasteiger partial charge in [0.15, 0.2) is 0 Å². The van der Waals surface area contributed by atoms with Gasteiger partial charge in [-0.15, -0.1) is 0 Å². The molecule has 1 aliphatic carbocycles. The number of aromatic nitrogens is 1. The Balaban J connectivity index is 1.94. The molecule has 0 spiro atoms. The smallest absolute Gasteiger partial charge is 0.263 e. The first kappa shape index (κ1) is 20.7. The Morgan fingerprint density at radius 1 is 1.28 bits per heavy atom. The summed E-state index contributed by atoms with van der Waals surface area (Å²) in [4.78, 5) is 29.0. The highest BCUT2D eigenvalue weighted by molar-refractivity contribution is 5.94. The maximum absolute atomic E-state index is 13.1. The molecular weight excluding hydrogens is 366 g/mol. The van der Waals surface area contributed by atoms with Crippen LogP contribution < -0.4 is 10.9 Å². The van der Waals surface area contributed by atoms with Gasteiger partial charge in [0.2, 0.25) is 0 Å². The summed E-state index contributed by atoms with van der Waals surface area (Å²) in [5.74, 6) is -0.421. The van der Waals surface area contributed by atoms with Crippen LogP contribution in [0.15, 0.2) is 46.3 Å². The summed E-state index contributed by atoms with van der Waals surface area (Å²) in [6, 6.07) is 10.6. The molecule has 0 saturated carbocycles. The summed E-state index contributed by atoms with van der Waals surface area (Å²) in [7, 11) is 0. The molecule has 7 nitrogen and oxygen atoms in total. The number of carbonyl (C=O) groups is 1. The lowest BCUT2D eigenvalue weighted by molar-refractivity contribution is 0.0935. The predicted molar refractivity (Wildman–Crippen MR) is 113 cm³/mol. The second-order valence-electron chi connectivity index (χ2n) is 7.40. The molecule has 0 saturated heterocycles. The van der Waals surface area contributed by atoms with E-state index in [-0.39, 0.29) is 17.7 Å². The number of nitrogens with one attached hydrogen (secondary N) is 1. The number of hydrogen-bond donors (Lipinski definition) is 1. The standard InChI is InChI=1S/C22H27N5O2/c1-2-3-13-27-20-12-8-7-11-17(20)14-18(22(27)29)21(28)25-19(15-24-26-23)16-9-5-4-6-10-16/h4-6,9-10,14,19H,2-3,7-8,11-13,15H2,1H3,(H,25,28)/t19-/m1/s1. The predicted octanol–water partition coefficient (Wildman–Crippen LogP) is 4.31. The zero-order valence-corrected chi connectivity index (χ0v) is 16.8. The largest absolute Gasteiger partial charge is 0.345 e. The lowest BCUT2D eigenvalue weighted by atomic mass is 9.94. The molecule has 1 aliphatic rings. The van der Waals surface area contributed by atoms with E-state index < -0.39 is 11.9 Å². The van der Waals surface area contributed by atoms with Crippen LogP contribution in [0.2, 0.25) is 0 Å². The summed E-state index contributed by atoms with van der Waals surface area (Å²) in [5, 5.41) is 6.53. The van der Waals surface area contributed by atoms with E-state index in [9.17, 15) is 9.59 Å². The van der Waals surface area contributed by atoms with Crippen molar-refractivity contribution < 1.29 is 4.79 Å². The third-order valence-corrected chi connectivity index (χ3v) is 5.41. The number of nitrogens with zero attached hydrogens (tertiary/aromatic N) is 4. The Morgan fingerprint density at radius 3 is 2.76 bits per heavy atom. The Morgan fingerprint density at radius 2 is 2.03 bits per heavy atom. The van der Waals surface area contributed by atoms with Gasteiger partial charge in [-0.3, -0.25) is 9.59 Å². The van der Waals surface area contributed by atoms with E-state index in [1.54, 1.807) is 10.6 Å². The van der Waals surface area contributed by atoms with Crippen LogP contribution in [0.4, 0.5) is 0 Å². The van der Waals surface area contributed by atoms with E-state index in [0.29, 0.717) is 6.54 Å². The van der Waals surface area contributed by atoms with Crippen molar-refractivity contribution in [2.45, 2.75) is 58.0 Å². The highest BCUT2D eigenvalue weighted by Crippen LogP contribution is 2.22. The van der Waals surface area contributed by atoms with E-state index in [4.69, 9.17) is 5.53 Å². The van der Waals surface area contributed by atoms with Crippen molar-refractivity contribution >= 4 is 5.91 Å². The van der Waals surface area contributed by atoms with Gasteiger partial charge >= 0.3 is 0 Å². The first-order valence-electron chi connectivity index (χ1n) is 10.3. The molecule has 29 heavy (non-hydrogen) atoms. The molecular formula is C22H27N5O2. The number of aryl methyl sites for hydroxylation is 1. The van der Waals surface area contributed by atoms with Gasteiger partial charge in [-0.25, -0.2) is 0 Å². The first-order valence-corrected chi connectivity index (χ1v) is 10.3. The van der Waals surface area contributed by atoms with E-state index in [1.165, 1.54) is 0 Å². The number of rotatable bonds is 8. The molecule has 1 atom stereocenters. The fraction of sp³-hybridized carbons (Fsp3) is 0.455. The lowest BCUT2D eigenvalue weighted by Crippen LogP contribution is -2.38. The first-order chi connectivity index (χ1) is 14.2. The van der Waals surface area contributed by atoms with Crippen LogP contribution in [-0.2, 0) is 19.4 Å². The van der Waals surface area contributed by atoms with Crippen LogP contribution in [0.5, 0.6) is 0 Å². The van der Waals surface area contributed by atoms with E-state index in [1.807, 2.05) is 30.3 Å². The van der Waals surface area contributed by atoms with E-state index in [0.717, 1.165) is 55.3 Å². The summed E-state index contributed by atoms with van der Waals surface area (Å²) < 4.78 is 1.80. The Labute approximate surface area is 170 Å². The molecule has 1 heterocycles. The van der Waals surface area contributed by atoms with Crippen LogP contribution in [-0.4, -0.2) is 17.0 Å². The Kier molecular flexibility index (Phi) is 7.09. The molecule has 1 aromatic carbocycles. The SMILES string of the molecule is CCCCn1c2c(cc(C(=O)N[C@H](CN=[N+]=[N-])c3ccccc3)c1=O)CCCC2. The number of unbranched alkanes of at least 4 members (excludes halogenated alkanes) is 1. The van der Waals surface area contributed by atoms with Crippen molar-refractivity contribution in [1.82, 2.24) is 9.88 Å². The van der Waals surface area contributed by atoms with Crippen molar-refractivity contribution in [2.75, 3.05) is 6.54 Å². The molecule has 1 N–H and O–H groups in total. The third-order valence-electron chi connectivity index (χ3n) is 5.41. The number of pyridine rings is 1. The van der Waals surface area contributed by atoms with E-state index in [2.05, 4.69) is 22.3 Å². The van der Waals surface area contributed by atoms with Crippen molar-refractivity contribution in [3.63, 3.8) is 0 Å². The zero-order chi connectivity index (χ0) is 20.6. The summed E-state index contributed by atoms with van der Waals surface area (Å²) >= 11 is 0. The average Bonchev–Trinajstić information content (AvgIpc) is 2.76. The van der Waals surface area contributed by atoms with Gasteiger partial charge in [0, 0.05) is 17.2 Å². The second-order valence-corrected chi connectivity index (χ2v) is 7.40. The zero-order valence-electron chi connectivity index (χ0n) is 16.8. The second kappa shape index (κ2) is 9.94. The van der Waals surface area contributed by atoms with Crippen molar-refractivity contribution in [1.29, 1.82) is 0 Å². The van der Waals surface area contributed by atoms with Gasteiger partial charge in [0.25, 0.3) is 11.5 Å². The fourth-order valence-corrected chi connectivity index (χ4v) is 3.87. The molecule has 152 valence electrons. The molecule has 0 fully saturated rings. The van der Waals surface area contributed by atoms with Gasteiger partial charge in [0.05, 0.1) is 12.6 Å². The molecule has 1 amide bonds. The monoisotopic (exact) mass is 393 g/mol. The minimum absolute atomic E-state index is 0.0845. The number of amides is 1. The van der Waals surface area contributed by atoms with Crippen LogP contribution in [0.1, 0.15) is 65.8 Å². The van der Waals surface area contributed by atoms with Crippen LogP contribution in [0.3, 0.4) is 0 Å². The highest BCUT2D eigenvalue weighted by Gasteiger charge is 2.23. The third kappa shape index (κ3) is 4.87. The maximum Gasteiger partial charge on any atom is 0.263 e. The van der Waals surface area contributed by atoms with Crippen molar-refractivity contribution in [2.24, 2.45) is 5.11 Å². The van der Waals surface area contributed by atoms with Crippen molar-refractivity contribution in [3.05, 3.63) is 79.6 Å². The van der Waals surface area contributed by atoms with Gasteiger partial charge in [-0.1, -0.05) is 48.8 Å². The normalized spacial score (nSPS) is 13.8. The van der Waals surface area contributed by atoms with Crippen LogP contribution >= 0.6 is 0 Å². The fourth-order valence-electron chi connectivity index (χ4n) is 3.87. The number of fused-ring (bicyclic) bond motifs is 1. The maximum atomic E-state index is 13.1. The number of azide groups is 1. The molecule has 0 bridgehead atoms. The number of hydrogen-bond acceptors (Lipinski definition) is 3. The quantitative estimate of drug-likeness (QED) is 0.410. The minimum atomic E-state index is -0.487. The Bertz CT molecular complexity index is 961.